The standard InChI is InChI=1S/C22H23N5O3/c1-4-20(2,3)21-11-22(30)19(29)26-16(9-13-10-23-12-24-13)17(28)27(22)18(21)25-15-8-6-5-7-14(15)21/h4-10,12,18,25,30H,1,11H2,2-3H3,(H,23,24)(H,26,29)/b16-9+/t18-,21+,22+/m0/s1. The number of rotatable bonds is 3. The largest absolute Gasteiger partial charge is 0.364 e. The molecule has 2 saturated heterocycles. The summed E-state index contributed by atoms with van der Waals surface area (Å²) in [4.78, 5) is 34.7. The molecule has 0 saturated carbocycles. The zero-order valence-corrected chi connectivity index (χ0v) is 16.8. The van der Waals surface area contributed by atoms with E-state index in [-0.39, 0.29) is 12.1 Å². The lowest BCUT2D eigenvalue weighted by Gasteiger charge is -2.43. The van der Waals surface area contributed by atoms with Gasteiger partial charge in [-0.05, 0) is 23.1 Å². The van der Waals surface area contributed by atoms with Gasteiger partial charge in [0.2, 0.25) is 5.72 Å². The molecule has 3 aliphatic rings. The van der Waals surface area contributed by atoms with Gasteiger partial charge in [0.15, 0.2) is 0 Å². The Morgan fingerprint density at radius 2 is 2.10 bits per heavy atom. The van der Waals surface area contributed by atoms with Crippen molar-refractivity contribution in [1.82, 2.24) is 20.2 Å². The van der Waals surface area contributed by atoms with Gasteiger partial charge in [0.25, 0.3) is 11.8 Å². The second kappa shape index (κ2) is 5.82. The number of aliphatic hydroxyl groups is 1. The molecule has 8 nitrogen and oxygen atoms in total. The number of amides is 2. The minimum Gasteiger partial charge on any atom is -0.364 e. The molecule has 0 aliphatic carbocycles. The number of imidazole rings is 1. The van der Waals surface area contributed by atoms with Gasteiger partial charge < -0.3 is 20.7 Å². The van der Waals surface area contributed by atoms with Crippen molar-refractivity contribution in [3.05, 3.63) is 66.4 Å². The lowest BCUT2D eigenvalue weighted by molar-refractivity contribution is -0.173. The number of benzene rings is 1. The highest BCUT2D eigenvalue weighted by molar-refractivity contribution is 6.09. The Hall–Kier alpha value is -3.39. The Morgan fingerprint density at radius 3 is 2.80 bits per heavy atom. The van der Waals surface area contributed by atoms with Crippen LogP contribution in [0.25, 0.3) is 6.08 Å². The fraction of sp³-hybridized carbons (Fsp3) is 0.318. The molecule has 2 amide bonds. The first-order valence-corrected chi connectivity index (χ1v) is 9.82. The zero-order valence-electron chi connectivity index (χ0n) is 16.8. The van der Waals surface area contributed by atoms with Gasteiger partial charge >= 0.3 is 0 Å². The fourth-order valence-electron chi connectivity index (χ4n) is 5.17. The van der Waals surface area contributed by atoms with E-state index in [0.717, 1.165) is 11.3 Å². The van der Waals surface area contributed by atoms with Crippen molar-refractivity contribution in [2.75, 3.05) is 5.32 Å². The maximum atomic E-state index is 13.5. The zero-order chi connectivity index (χ0) is 21.3. The summed E-state index contributed by atoms with van der Waals surface area (Å²) in [6, 6.07) is 7.78. The predicted octanol–water partition coefficient (Wildman–Crippen LogP) is 1.70. The average Bonchev–Trinajstić information content (AvgIpc) is 3.39. The molecule has 2 aromatic rings. The van der Waals surface area contributed by atoms with Crippen LogP contribution in [0, 0.1) is 5.41 Å². The summed E-state index contributed by atoms with van der Waals surface area (Å²) in [6.07, 6.45) is 5.83. The van der Waals surface area contributed by atoms with E-state index in [1.807, 2.05) is 44.2 Å². The molecule has 2 fully saturated rings. The number of piperazine rings is 1. The molecule has 0 bridgehead atoms. The Bertz CT molecular complexity index is 1110. The molecule has 1 aromatic heterocycles. The third kappa shape index (κ3) is 2.11. The maximum absolute atomic E-state index is 13.5. The molecule has 0 spiro atoms. The van der Waals surface area contributed by atoms with E-state index in [4.69, 9.17) is 0 Å². The first-order valence-electron chi connectivity index (χ1n) is 9.82. The van der Waals surface area contributed by atoms with Gasteiger partial charge in [0.1, 0.15) is 11.9 Å². The second-order valence-corrected chi connectivity index (χ2v) is 8.68. The van der Waals surface area contributed by atoms with Crippen LogP contribution < -0.4 is 10.6 Å². The van der Waals surface area contributed by atoms with Gasteiger partial charge in [0, 0.05) is 17.5 Å². The molecular formula is C22H23N5O3. The minimum absolute atomic E-state index is 0.0581. The number of fused-ring (bicyclic) bond motifs is 5. The van der Waals surface area contributed by atoms with E-state index in [1.165, 1.54) is 17.3 Å². The minimum atomic E-state index is -1.98. The van der Waals surface area contributed by atoms with Gasteiger partial charge in [-0.1, -0.05) is 38.1 Å². The van der Waals surface area contributed by atoms with E-state index >= 15 is 0 Å². The van der Waals surface area contributed by atoms with Crippen molar-refractivity contribution < 1.29 is 14.7 Å². The molecule has 154 valence electrons. The van der Waals surface area contributed by atoms with E-state index in [9.17, 15) is 14.7 Å². The highest BCUT2D eigenvalue weighted by atomic mass is 16.3. The van der Waals surface area contributed by atoms with Gasteiger partial charge in [-0.15, -0.1) is 6.58 Å². The molecule has 8 heteroatoms. The van der Waals surface area contributed by atoms with Crippen molar-refractivity contribution in [3.63, 3.8) is 0 Å². The molecule has 4 heterocycles. The SMILES string of the molecule is C=CC(C)(C)[C@@]12C[C@@]3(O)C(=O)N/C(=C/c4cnc[nH]4)C(=O)N3[C@@H]1Nc1ccccc12. The maximum Gasteiger partial charge on any atom is 0.278 e. The van der Waals surface area contributed by atoms with Gasteiger partial charge in [-0.2, -0.15) is 0 Å². The molecule has 4 N–H and O–H groups in total. The summed E-state index contributed by atoms with van der Waals surface area (Å²) < 4.78 is 0. The van der Waals surface area contributed by atoms with Crippen LogP contribution in [0.3, 0.4) is 0 Å². The lowest BCUT2D eigenvalue weighted by atomic mass is 9.60. The molecule has 1 aromatic carbocycles. The quantitative estimate of drug-likeness (QED) is 0.459. The Morgan fingerprint density at radius 1 is 1.33 bits per heavy atom. The number of para-hydroxylation sites is 1. The highest BCUT2D eigenvalue weighted by Crippen LogP contribution is 2.62. The van der Waals surface area contributed by atoms with Crippen LogP contribution in [0.4, 0.5) is 5.69 Å². The van der Waals surface area contributed by atoms with Crippen LogP contribution in [0.5, 0.6) is 0 Å². The number of aromatic nitrogens is 2. The number of anilines is 1. The van der Waals surface area contributed by atoms with Crippen LogP contribution in [-0.4, -0.2) is 43.7 Å². The topological polar surface area (TPSA) is 110 Å². The third-order valence-electron chi connectivity index (χ3n) is 6.89. The molecular weight excluding hydrogens is 382 g/mol. The van der Waals surface area contributed by atoms with Gasteiger partial charge in [0.05, 0.1) is 18.2 Å². The fourth-order valence-corrected chi connectivity index (χ4v) is 5.17. The predicted molar refractivity (Wildman–Crippen MR) is 111 cm³/mol. The van der Waals surface area contributed by atoms with Crippen molar-refractivity contribution in [2.45, 2.75) is 37.6 Å². The molecule has 0 radical (unpaired) electrons. The van der Waals surface area contributed by atoms with Crippen molar-refractivity contribution in [1.29, 1.82) is 0 Å². The summed E-state index contributed by atoms with van der Waals surface area (Å²) in [5.74, 6) is -1.08. The number of hydrogen-bond acceptors (Lipinski definition) is 5. The van der Waals surface area contributed by atoms with Crippen LogP contribution in [-0.2, 0) is 15.0 Å². The van der Waals surface area contributed by atoms with Crippen molar-refractivity contribution in [2.24, 2.45) is 5.41 Å². The number of aromatic amines is 1. The molecule has 5 rings (SSSR count). The monoisotopic (exact) mass is 405 g/mol. The summed E-state index contributed by atoms with van der Waals surface area (Å²) in [6.45, 7) is 8.04. The first-order chi connectivity index (χ1) is 14.2. The van der Waals surface area contributed by atoms with E-state index in [1.54, 1.807) is 6.20 Å². The summed E-state index contributed by atoms with van der Waals surface area (Å²) >= 11 is 0. The normalized spacial score (nSPS) is 31.1. The summed E-state index contributed by atoms with van der Waals surface area (Å²) in [5.41, 5.74) is -0.745. The van der Waals surface area contributed by atoms with E-state index in [0.29, 0.717) is 5.69 Å². The number of carbonyl (C=O) groups is 2. The Labute approximate surface area is 173 Å². The molecule has 3 atom stereocenters. The van der Waals surface area contributed by atoms with E-state index < -0.39 is 34.5 Å². The van der Waals surface area contributed by atoms with Crippen LogP contribution in [0.2, 0.25) is 0 Å². The molecule has 3 aliphatic heterocycles. The van der Waals surface area contributed by atoms with Gasteiger partial charge in [-0.3, -0.25) is 14.5 Å². The highest BCUT2D eigenvalue weighted by Gasteiger charge is 2.72. The van der Waals surface area contributed by atoms with E-state index in [2.05, 4.69) is 27.2 Å². The van der Waals surface area contributed by atoms with Crippen LogP contribution in [0.1, 0.15) is 31.5 Å². The van der Waals surface area contributed by atoms with Gasteiger partial charge in [-0.25, -0.2) is 4.98 Å². The first kappa shape index (κ1) is 18.6. The summed E-state index contributed by atoms with van der Waals surface area (Å²) in [7, 11) is 0. The molecule has 30 heavy (non-hydrogen) atoms. The number of nitrogens with one attached hydrogen (secondary N) is 3. The number of carbonyl (C=O) groups excluding carboxylic acids is 2. The van der Waals surface area contributed by atoms with Crippen LogP contribution >= 0.6 is 0 Å². The Kier molecular flexibility index (Phi) is 3.62. The average molecular weight is 405 g/mol. The lowest BCUT2D eigenvalue weighted by Crippen LogP contribution is -2.66. The summed E-state index contributed by atoms with van der Waals surface area (Å²) in [5, 5.41) is 17.5. The second-order valence-electron chi connectivity index (χ2n) is 8.68. The molecule has 0 unspecified atom stereocenters. The number of nitrogens with zero attached hydrogens (tertiary/aromatic N) is 2. The van der Waals surface area contributed by atoms with Crippen LogP contribution in [0.15, 0.2) is 55.1 Å². The number of hydrogen-bond donors (Lipinski definition) is 4. The third-order valence-corrected chi connectivity index (χ3v) is 6.89. The van der Waals surface area contributed by atoms with Crippen molar-refractivity contribution in [3.8, 4) is 0 Å². The number of H-pyrrole nitrogens is 1. The number of allylic oxidation sites excluding steroid dienone is 1. The smallest absolute Gasteiger partial charge is 0.278 e. The Balaban J connectivity index is 1.70. The van der Waals surface area contributed by atoms with Crippen molar-refractivity contribution >= 4 is 23.6 Å².